The molecule has 3 nitrogen and oxygen atoms in total. The first-order chi connectivity index (χ1) is 7.24. The van der Waals surface area contributed by atoms with Crippen molar-refractivity contribution in [1.29, 1.82) is 0 Å². The molecule has 1 aromatic carbocycles. The summed E-state index contributed by atoms with van der Waals surface area (Å²) in [6.07, 6.45) is 0. The Morgan fingerprint density at radius 1 is 1.53 bits per heavy atom. The number of rotatable bonds is 2. The fourth-order valence-corrected chi connectivity index (χ4v) is 2.18. The molecule has 0 saturated heterocycles. The normalized spacial score (nSPS) is 20.5. The van der Waals surface area contributed by atoms with Gasteiger partial charge < -0.3 is 10.6 Å². The van der Waals surface area contributed by atoms with E-state index in [4.69, 9.17) is 17.3 Å². The van der Waals surface area contributed by atoms with Gasteiger partial charge in [0.1, 0.15) is 0 Å². The molecule has 4 heteroatoms. The molecular formula is C11H14ClN3. The van der Waals surface area contributed by atoms with Gasteiger partial charge in [-0.1, -0.05) is 29.8 Å². The molecule has 0 radical (unpaired) electrons. The highest BCUT2D eigenvalue weighted by Crippen LogP contribution is 2.30. The molecule has 1 aliphatic rings. The summed E-state index contributed by atoms with van der Waals surface area (Å²) in [5, 5.41) is 0.783. The van der Waals surface area contributed by atoms with Crippen LogP contribution in [0.5, 0.6) is 0 Å². The molecule has 0 saturated carbocycles. The Hall–Kier alpha value is -1.22. The van der Waals surface area contributed by atoms with Crippen LogP contribution >= 0.6 is 11.6 Å². The maximum Gasteiger partial charge on any atom is 0.191 e. The minimum Gasteiger partial charge on any atom is -0.370 e. The Morgan fingerprint density at radius 3 is 2.93 bits per heavy atom. The van der Waals surface area contributed by atoms with Gasteiger partial charge in [0.2, 0.25) is 0 Å². The summed E-state index contributed by atoms with van der Waals surface area (Å²) < 4.78 is 0. The zero-order chi connectivity index (χ0) is 10.8. The standard InChI is InChI=1S/C11H14ClN3/c1-2-15-10(7-14-11(15)13)8-5-3-4-6-9(8)12/h3-6,10H,2,7H2,1H3,(H2,13,14). The molecule has 2 rings (SSSR count). The van der Waals surface area contributed by atoms with E-state index in [-0.39, 0.29) is 6.04 Å². The Balaban J connectivity index is 2.30. The van der Waals surface area contributed by atoms with E-state index in [1.165, 1.54) is 0 Å². The lowest BCUT2D eigenvalue weighted by atomic mass is 10.1. The molecule has 0 aliphatic carbocycles. The molecule has 0 aromatic heterocycles. The van der Waals surface area contributed by atoms with Crippen molar-refractivity contribution >= 4 is 17.6 Å². The molecule has 1 unspecified atom stereocenters. The number of hydrogen-bond donors (Lipinski definition) is 1. The molecule has 1 heterocycles. The van der Waals surface area contributed by atoms with Gasteiger partial charge in [-0.3, -0.25) is 4.99 Å². The number of likely N-dealkylation sites (N-methyl/N-ethyl adjacent to an activating group) is 1. The van der Waals surface area contributed by atoms with Crippen LogP contribution in [0.1, 0.15) is 18.5 Å². The molecular weight excluding hydrogens is 210 g/mol. The molecule has 1 atom stereocenters. The van der Waals surface area contributed by atoms with Crippen molar-refractivity contribution in [2.45, 2.75) is 13.0 Å². The minimum absolute atomic E-state index is 0.198. The number of aliphatic imine (C=N–C) groups is 1. The lowest BCUT2D eigenvalue weighted by Gasteiger charge is -2.25. The van der Waals surface area contributed by atoms with Gasteiger partial charge in [0, 0.05) is 11.6 Å². The molecule has 2 N–H and O–H groups in total. The van der Waals surface area contributed by atoms with Gasteiger partial charge in [-0.2, -0.15) is 0 Å². The second kappa shape index (κ2) is 4.11. The zero-order valence-electron chi connectivity index (χ0n) is 8.65. The first-order valence-corrected chi connectivity index (χ1v) is 5.42. The largest absolute Gasteiger partial charge is 0.370 e. The minimum atomic E-state index is 0.198. The first-order valence-electron chi connectivity index (χ1n) is 5.05. The van der Waals surface area contributed by atoms with Gasteiger partial charge in [-0.05, 0) is 18.6 Å². The van der Waals surface area contributed by atoms with E-state index in [1.54, 1.807) is 0 Å². The Morgan fingerprint density at radius 2 is 2.27 bits per heavy atom. The van der Waals surface area contributed by atoms with Crippen LogP contribution in [0.4, 0.5) is 0 Å². The lowest BCUT2D eigenvalue weighted by Crippen LogP contribution is -2.35. The number of benzene rings is 1. The summed E-state index contributed by atoms with van der Waals surface area (Å²) in [6.45, 7) is 3.62. The number of nitrogens with two attached hydrogens (primary N) is 1. The quantitative estimate of drug-likeness (QED) is 0.834. The Labute approximate surface area is 94.5 Å². The highest BCUT2D eigenvalue weighted by molar-refractivity contribution is 6.31. The lowest BCUT2D eigenvalue weighted by molar-refractivity contribution is 0.364. The maximum atomic E-state index is 6.16. The summed E-state index contributed by atoms with van der Waals surface area (Å²) >= 11 is 6.16. The third-order valence-corrected chi connectivity index (χ3v) is 3.05. The van der Waals surface area contributed by atoms with E-state index >= 15 is 0 Å². The van der Waals surface area contributed by atoms with E-state index < -0.39 is 0 Å². The van der Waals surface area contributed by atoms with Crippen LogP contribution in [0.25, 0.3) is 0 Å². The van der Waals surface area contributed by atoms with Gasteiger partial charge in [0.05, 0.1) is 12.6 Å². The van der Waals surface area contributed by atoms with Crippen LogP contribution in [0.2, 0.25) is 5.02 Å². The molecule has 0 fully saturated rings. The Bertz CT molecular complexity index is 389. The summed E-state index contributed by atoms with van der Waals surface area (Å²) in [4.78, 5) is 6.32. The van der Waals surface area contributed by atoms with Crippen LogP contribution in [-0.2, 0) is 0 Å². The summed E-state index contributed by atoms with van der Waals surface area (Å²) in [5.41, 5.74) is 6.90. The number of halogens is 1. The zero-order valence-corrected chi connectivity index (χ0v) is 9.41. The molecule has 80 valence electrons. The average molecular weight is 224 g/mol. The van der Waals surface area contributed by atoms with Crippen molar-refractivity contribution in [3.05, 3.63) is 34.9 Å². The van der Waals surface area contributed by atoms with Crippen LogP contribution in [-0.4, -0.2) is 23.9 Å². The fourth-order valence-electron chi connectivity index (χ4n) is 1.92. The van der Waals surface area contributed by atoms with Crippen molar-refractivity contribution in [3.8, 4) is 0 Å². The predicted molar refractivity (Wildman–Crippen MR) is 63.1 cm³/mol. The van der Waals surface area contributed by atoms with E-state index in [0.29, 0.717) is 12.5 Å². The smallest absolute Gasteiger partial charge is 0.191 e. The summed E-state index contributed by atoms with van der Waals surface area (Å²) in [6, 6.07) is 8.05. The molecule has 0 bridgehead atoms. The van der Waals surface area contributed by atoms with Gasteiger partial charge in [0.15, 0.2) is 5.96 Å². The van der Waals surface area contributed by atoms with E-state index in [9.17, 15) is 0 Å². The van der Waals surface area contributed by atoms with Crippen molar-refractivity contribution in [2.24, 2.45) is 10.7 Å². The van der Waals surface area contributed by atoms with Gasteiger partial charge >= 0.3 is 0 Å². The van der Waals surface area contributed by atoms with Crippen molar-refractivity contribution in [1.82, 2.24) is 4.90 Å². The second-order valence-electron chi connectivity index (χ2n) is 3.52. The Kier molecular flexibility index (Phi) is 2.82. The average Bonchev–Trinajstić information content (AvgIpc) is 2.60. The molecule has 0 spiro atoms. The molecule has 15 heavy (non-hydrogen) atoms. The van der Waals surface area contributed by atoms with Crippen LogP contribution < -0.4 is 5.73 Å². The van der Waals surface area contributed by atoms with E-state index in [2.05, 4.69) is 16.8 Å². The summed E-state index contributed by atoms with van der Waals surface area (Å²) in [5.74, 6) is 0.613. The topological polar surface area (TPSA) is 41.6 Å². The van der Waals surface area contributed by atoms with Crippen molar-refractivity contribution < 1.29 is 0 Å². The van der Waals surface area contributed by atoms with Crippen molar-refractivity contribution in [3.63, 3.8) is 0 Å². The van der Waals surface area contributed by atoms with E-state index in [1.807, 2.05) is 24.3 Å². The third-order valence-electron chi connectivity index (χ3n) is 2.70. The fraction of sp³-hybridized carbons (Fsp3) is 0.364. The number of hydrogen-bond acceptors (Lipinski definition) is 3. The molecule has 1 aromatic rings. The van der Waals surface area contributed by atoms with Crippen LogP contribution in [0.15, 0.2) is 29.3 Å². The van der Waals surface area contributed by atoms with Crippen molar-refractivity contribution in [2.75, 3.05) is 13.1 Å². The van der Waals surface area contributed by atoms with Gasteiger partial charge in [-0.15, -0.1) is 0 Å². The van der Waals surface area contributed by atoms with Crippen LogP contribution in [0, 0.1) is 0 Å². The second-order valence-corrected chi connectivity index (χ2v) is 3.93. The highest BCUT2D eigenvalue weighted by atomic mass is 35.5. The molecule has 0 amide bonds. The predicted octanol–water partition coefficient (Wildman–Crippen LogP) is 2.03. The maximum absolute atomic E-state index is 6.16. The first kappa shape index (κ1) is 10.3. The van der Waals surface area contributed by atoms with Crippen LogP contribution in [0.3, 0.4) is 0 Å². The van der Waals surface area contributed by atoms with E-state index in [0.717, 1.165) is 17.1 Å². The number of guanidine groups is 1. The molecule has 1 aliphatic heterocycles. The highest BCUT2D eigenvalue weighted by Gasteiger charge is 2.27. The monoisotopic (exact) mass is 223 g/mol. The van der Waals surface area contributed by atoms with Gasteiger partial charge in [-0.25, -0.2) is 0 Å². The number of nitrogens with zero attached hydrogens (tertiary/aromatic N) is 2. The third kappa shape index (κ3) is 1.79. The van der Waals surface area contributed by atoms with Gasteiger partial charge in [0.25, 0.3) is 0 Å². The summed E-state index contributed by atoms with van der Waals surface area (Å²) in [7, 11) is 0. The SMILES string of the molecule is CCN1C(N)=NCC1c1ccccc1Cl.